The fraction of sp³-hybridized carbons (Fsp3) is 0.688. The number of rotatable bonds is 5. The van der Waals surface area contributed by atoms with E-state index in [2.05, 4.69) is 19.2 Å². The van der Waals surface area contributed by atoms with E-state index in [0.717, 1.165) is 38.2 Å². The van der Waals surface area contributed by atoms with E-state index < -0.39 is 0 Å². The smallest absolute Gasteiger partial charge is 0.222 e. The van der Waals surface area contributed by atoms with E-state index >= 15 is 0 Å². The SMILES string of the molecule is CCC(=O)N1CC[C@@H](NCc2occc2C)[C@H](CC)C1. The maximum absolute atomic E-state index is 11.8. The largest absolute Gasteiger partial charge is 0.468 e. The lowest BCUT2D eigenvalue weighted by Gasteiger charge is -2.38. The molecule has 1 saturated heterocycles. The van der Waals surface area contributed by atoms with E-state index in [1.54, 1.807) is 6.26 Å². The van der Waals surface area contributed by atoms with Crippen LogP contribution in [0.15, 0.2) is 16.7 Å². The van der Waals surface area contributed by atoms with Crippen molar-refractivity contribution < 1.29 is 9.21 Å². The van der Waals surface area contributed by atoms with E-state index in [1.807, 2.05) is 17.9 Å². The second kappa shape index (κ2) is 6.93. The van der Waals surface area contributed by atoms with Gasteiger partial charge in [-0.25, -0.2) is 0 Å². The average Bonchev–Trinajstić information content (AvgIpc) is 2.89. The Hall–Kier alpha value is -1.29. The number of nitrogens with zero attached hydrogens (tertiary/aromatic N) is 1. The molecule has 4 nitrogen and oxygen atoms in total. The number of carbonyl (C=O) groups excluding carboxylic acids is 1. The van der Waals surface area contributed by atoms with Crippen molar-refractivity contribution in [3.05, 3.63) is 23.7 Å². The number of hydrogen-bond acceptors (Lipinski definition) is 3. The van der Waals surface area contributed by atoms with Gasteiger partial charge in [-0.1, -0.05) is 20.3 Å². The van der Waals surface area contributed by atoms with Crippen molar-refractivity contribution in [1.29, 1.82) is 0 Å². The minimum atomic E-state index is 0.281. The number of furan rings is 1. The normalized spacial score (nSPS) is 23.1. The van der Waals surface area contributed by atoms with Gasteiger partial charge in [-0.2, -0.15) is 0 Å². The number of aryl methyl sites for hydroxylation is 1. The van der Waals surface area contributed by atoms with Crippen molar-refractivity contribution in [2.75, 3.05) is 13.1 Å². The van der Waals surface area contributed by atoms with Crippen molar-refractivity contribution in [2.45, 2.75) is 52.6 Å². The highest BCUT2D eigenvalue weighted by atomic mass is 16.3. The maximum atomic E-state index is 11.8. The number of piperidine rings is 1. The van der Waals surface area contributed by atoms with Crippen molar-refractivity contribution in [2.24, 2.45) is 5.92 Å². The lowest BCUT2D eigenvalue weighted by molar-refractivity contribution is -0.133. The first-order valence-corrected chi connectivity index (χ1v) is 7.69. The van der Waals surface area contributed by atoms with Crippen LogP contribution in [0, 0.1) is 12.8 Å². The fourth-order valence-electron chi connectivity index (χ4n) is 2.97. The van der Waals surface area contributed by atoms with Crippen LogP contribution in [-0.4, -0.2) is 29.9 Å². The molecule has 0 saturated carbocycles. The number of likely N-dealkylation sites (tertiary alicyclic amines) is 1. The second-order valence-corrected chi connectivity index (χ2v) is 5.66. The third-order valence-corrected chi connectivity index (χ3v) is 4.41. The molecule has 2 atom stereocenters. The molecule has 1 aromatic heterocycles. The summed E-state index contributed by atoms with van der Waals surface area (Å²) >= 11 is 0. The minimum absolute atomic E-state index is 0.281. The Kier molecular flexibility index (Phi) is 5.24. The van der Waals surface area contributed by atoms with Crippen molar-refractivity contribution in [3.63, 3.8) is 0 Å². The van der Waals surface area contributed by atoms with Gasteiger partial charge in [-0.3, -0.25) is 4.79 Å². The first-order chi connectivity index (χ1) is 9.65. The Morgan fingerprint density at radius 1 is 1.50 bits per heavy atom. The molecule has 1 aliphatic rings. The van der Waals surface area contributed by atoms with Crippen LogP contribution >= 0.6 is 0 Å². The van der Waals surface area contributed by atoms with Crippen LogP contribution in [0.5, 0.6) is 0 Å². The van der Waals surface area contributed by atoms with E-state index in [9.17, 15) is 4.79 Å². The van der Waals surface area contributed by atoms with E-state index in [4.69, 9.17) is 4.42 Å². The van der Waals surface area contributed by atoms with Gasteiger partial charge in [0.25, 0.3) is 0 Å². The summed E-state index contributed by atoms with van der Waals surface area (Å²) in [6.45, 7) is 8.75. The quantitative estimate of drug-likeness (QED) is 0.900. The average molecular weight is 278 g/mol. The molecular formula is C16H26N2O2. The summed E-state index contributed by atoms with van der Waals surface area (Å²) < 4.78 is 5.47. The molecule has 1 aliphatic heterocycles. The Bertz CT molecular complexity index is 441. The van der Waals surface area contributed by atoms with Crippen LogP contribution in [0.3, 0.4) is 0 Å². The zero-order chi connectivity index (χ0) is 14.5. The first-order valence-electron chi connectivity index (χ1n) is 7.69. The van der Waals surface area contributed by atoms with Crippen LogP contribution in [0.1, 0.15) is 44.4 Å². The molecule has 1 N–H and O–H groups in total. The second-order valence-electron chi connectivity index (χ2n) is 5.66. The zero-order valence-electron chi connectivity index (χ0n) is 12.8. The van der Waals surface area contributed by atoms with Crippen molar-refractivity contribution in [3.8, 4) is 0 Å². The van der Waals surface area contributed by atoms with Gasteiger partial charge in [-0.15, -0.1) is 0 Å². The minimum Gasteiger partial charge on any atom is -0.468 e. The lowest BCUT2D eigenvalue weighted by Crippen LogP contribution is -2.50. The molecule has 0 spiro atoms. The van der Waals surface area contributed by atoms with Crippen molar-refractivity contribution >= 4 is 5.91 Å². The highest BCUT2D eigenvalue weighted by molar-refractivity contribution is 5.75. The molecule has 1 aromatic rings. The van der Waals surface area contributed by atoms with Gasteiger partial charge in [0.15, 0.2) is 0 Å². The molecule has 0 aliphatic carbocycles. The molecule has 2 rings (SSSR count). The Morgan fingerprint density at radius 3 is 2.90 bits per heavy atom. The summed E-state index contributed by atoms with van der Waals surface area (Å²) in [5.41, 5.74) is 1.20. The predicted molar refractivity (Wildman–Crippen MR) is 79.3 cm³/mol. The molecule has 1 amide bonds. The van der Waals surface area contributed by atoms with Gasteiger partial charge in [-0.05, 0) is 30.9 Å². The van der Waals surface area contributed by atoms with Crippen LogP contribution < -0.4 is 5.32 Å². The van der Waals surface area contributed by atoms with Crippen LogP contribution in [0.4, 0.5) is 0 Å². The summed E-state index contributed by atoms with van der Waals surface area (Å²) in [5.74, 6) is 1.84. The molecule has 1 fully saturated rings. The molecule has 2 heterocycles. The van der Waals surface area contributed by atoms with Gasteiger partial charge in [0, 0.05) is 25.6 Å². The molecule has 0 radical (unpaired) electrons. The number of amides is 1. The molecule has 0 bridgehead atoms. The standard InChI is InChI=1S/C16H26N2O2/c1-4-13-11-18(16(19)5-2)8-6-14(13)17-10-15-12(3)7-9-20-15/h7,9,13-14,17H,4-6,8,10-11H2,1-3H3/t13-,14-/m1/s1. The molecule has 0 unspecified atom stereocenters. The van der Waals surface area contributed by atoms with Gasteiger partial charge < -0.3 is 14.6 Å². The molecule has 20 heavy (non-hydrogen) atoms. The van der Waals surface area contributed by atoms with Crippen LogP contribution in [-0.2, 0) is 11.3 Å². The first kappa shape index (κ1) is 15.1. The molecular weight excluding hydrogens is 252 g/mol. The fourth-order valence-corrected chi connectivity index (χ4v) is 2.97. The maximum Gasteiger partial charge on any atom is 0.222 e. The molecule has 112 valence electrons. The highest BCUT2D eigenvalue weighted by Gasteiger charge is 2.29. The van der Waals surface area contributed by atoms with Crippen LogP contribution in [0.25, 0.3) is 0 Å². The van der Waals surface area contributed by atoms with Gasteiger partial charge in [0.05, 0.1) is 12.8 Å². The number of nitrogens with one attached hydrogen (secondary N) is 1. The summed E-state index contributed by atoms with van der Waals surface area (Å²) in [6.07, 6.45) is 4.48. The number of hydrogen-bond donors (Lipinski definition) is 1. The van der Waals surface area contributed by atoms with Crippen molar-refractivity contribution in [1.82, 2.24) is 10.2 Å². The molecule has 0 aromatic carbocycles. The summed E-state index contributed by atoms with van der Waals surface area (Å²) in [7, 11) is 0. The third kappa shape index (κ3) is 3.42. The highest BCUT2D eigenvalue weighted by Crippen LogP contribution is 2.21. The topological polar surface area (TPSA) is 45.5 Å². The van der Waals surface area contributed by atoms with Gasteiger partial charge in [0.2, 0.25) is 5.91 Å². The molecule has 4 heteroatoms. The summed E-state index contributed by atoms with van der Waals surface area (Å²) in [5, 5.41) is 3.61. The third-order valence-electron chi connectivity index (χ3n) is 4.41. The summed E-state index contributed by atoms with van der Waals surface area (Å²) in [6, 6.07) is 2.47. The Morgan fingerprint density at radius 2 is 2.30 bits per heavy atom. The van der Waals surface area contributed by atoms with E-state index in [-0.39, 0.29) is 5.91 Å². The lowest BCUT2D eigenvalue weighted by atomic mass is 9.89. The Labute approximate surface area is 121 Å². The predicted octanol–water partition coefficient (Wildman–Crippen LogP) is 2.71. The number of carbonyl (C=O) groups is 1. The summed E-state index contributed by atoms with van der Waals surface area (Å²) in [4.78, 5) is 13.8. The van der Waals surface area contributed by atoms with E-state index in [0.29, 0.717) is 18.4 Å². The van der Waals surface area contributed by atoms with Crippen LogP contribution in [0.2, 0.25) is 0 Å². The van der Waals surface area contributed by atoms with Gasteiger partial charge in [0.1, 0.15) is 5.76 Å². The monoisotopic (exact) mass is 278 g/mol. The van der Waals surface area contributed by atoms with E-state index in [1.165, 1.54) is 5.56 Å². The van der Waals surface area contributed by atoms with Gasteiger partial charge >= 0.3 is 0 Å². The Balaban J connectivity index is 1.89. The zero-order valence-corrected chi connectivity index (χ0v) is 12.8.